The lowest BCUT2D eigenvalue weighted by molar-refractivity contribution is -0.134. The lowest BCUT2D eigenvalue weighted by Gasteiger charge is -2.29. The number of hydrogen-bond donors (Lipinski definition) is 0. The molecule has 9 nitrogen and oxygen atoms in total. The van der Waals surface area contributed by atoms with Gasteiger partial charge in [0.1, 0.15) is 5.71 Å². The van der Waals surface area contributed by atoms with Crippen LogP contribution in [0.2, 0.25) is 0 Å². The van der Waals surface area contributed by atoms with Gasteiger partial charge in [0.25, 0.3) is 5.91 Å². The van der Waals surface area contributed by atoms with Crippen LogP contribution >= 0.6 is 0 Å². The van der Waals surface area contributed by atoms with Crippen molar-refractivity contribution in [2.24, 2.45) is 5.10 Å². The van der Waals surface area contributed by atoms with Gasteiger partial charge in [-0.1, -0.05) is 0 Å². The van der Waals surface area contributed by atoms with Crippen molar-refractivity contribution >= 4 is 27.4 Å². The highest BCUT2D eigenvalue weighted by molar-refractivity contribution is 7.91. The van der Waals surface area contributed by atoms with Crippen molar-refractivity contribution in [3.8, 4) is 0 Å². The minimum Gasteiger partial charge on any atom is -0.383 e. The molecule has 0 spiro atoms. The van der Waals surface area contributed by atoms with E-state index in [0.29, 0.717) is 32.7 Å². The smallest absolute Gasteiger partial charge is 0.270 e. The van der Waals surface area contributed by atoms with Crippen LogP contribution in [0.1, 0.15) is 19.3 Å². The largest absolute Gasteiger partial charge is 0.383 e. The molecule has 0 aromatic rings. The van der Waals surface area contributed by atoms with Gasteiger partial charge in [-0.25, -0.2) is 13.4 Å². The summed E-state index contributed by atoms with van der Waals surface area (Å²) >= 11 is 0. The maximum absolute atomic E-state index is 12.7. The minimum absolute atomic E-state index is 0.0497. The number of amides is 2. The first kappa shape index (κ1) is 19.8. The molecule has 0 radical (unpaired) electrons. The molecule has 0 saturated carbocycles. The second kappa shape index (κ2) is 8.72. The Kier molecular flexibility index (Phi) is 6.91. The van der Waals surface area contributed by atoms with Crippen molar-refractivity contribution in [2.45, 2.75) is 25.3 Å². The van der Waals surface area contributed by atoms with Crippen molar-refractivity contribution in [2.75, 3.05) is 52.0 Å². The molecule has 1 fully saturated rings. The summed E-state index contributed by atoms with van der Waals surface area (Å²) in [5.41, 5.74) is 0.274. The van der Waals surface area contributed by atoms with Gasteiger partial charge in [0.05, 0.1) is 30.8 Å². The van der Waals surface area contributed by atoms with Gasteiger partial charge in [-0.05, 0) is 6.42 Å². The Morgan fingerprint density at radius 3 is 2.40 bits per heavy atom. The molecule has 0 N–H and O–H groups in total. The van der Waals surface area contributed by atoms with E-state index in [0.717, 1.165) is 0 Å². The fraction of sp³-hybridized carbons (Fsp3) is 0.800. The maximum Gasteiger partial charge on any atom is 0.270 e. The zero-order valence-corrected chi connectivity index (χ0v) is 15.5. The minimum atomic E-state index is -3.14. The van der Waals surface area contributed by atoms with E-state index in [1.54, 1.807) is 19.1 Å². The maximum atomic E-state index is 12.7. The monoisotopic (exact) mass is 375 g/mol. The third kappa shape index (κ3) is 5.23. The summed E-state index contributed by atoms with van der Waals surface area (Å²) in [6.07, 6.45) is 0.768. The van der Waals surface area contributed by atoms with Gasteiger partial charge in [-0.3, -0.25) is 9.59 Å². The van der Waals surface area contributed by atoms with Gasteiger partial charge in [0.2, 0.25) is 5.91 Å². The third-order valence-corrected chi connectivity index (χ3v) is 6.03. The summed E-state index contributed by atoms with van der Waals surface area (Å²) in [7, 11) is -0.0306. The molecule has 1 atom stereocenters. The number of carbonyl (C=O) groups is 2. The molecule has 0 aromatic carbocycles. The number of sulfone groups is 1. The molecule has 1 saturated heterocycles. The Labute approximate surface area is 147 Å². The molecule has 0 bridgehead atoms. The number of hydrogen-bond acceptors (Lipinski definition) is 7. The van der Waals surface area contributed by atoms with Crippen LogP contribution in [0.3, 0.4) is 0 Å². The predicted molar refractivity (Wildman–Crippen MR) is 90.9 cm³/mol. The number of carbonyl (C=O) groups excluding carboxylic acids is 2. The number of hydrazone groups is 1. The van der Waals surface area contributed by atoms with Crippen molar-refractivity contribution in [1.29, 1.82) is 0 Å². The first-order valence-corrected chi connectivity index (χ1v) is 10.1. The van der Waals surface area contributed by atoms with Gasteiger partial charge in [0.15, 0.2) is 9.84 Å². The Bertz CT molecular complexity index is 625. The number of methoxy groups -OCH3 is 2. The second-order valence-electron chi connectivity index (χ2n) is 6.12. The zero-order chi connectivity index (χ0) is 18.4. The van der Waals surface area contributed by atoms with Gasteiger partial charge in [-0.2, -0.15) is 5.10 Å². The summed E-state index contributed by atoms with van der Waals surface area (Å²) in [6.45, 7) is 1.55. The Hall–Kier alpha value is -1.52. The highest BCUT2D eigenvalue weighted by atomic mass is 32.2. The first-order valence-electron chi connectivity index (χ1n) is 8.25. The topological polar surface area (TPSA) is 106 Å². The van der Waals surface area contributed by atoms with Gasteiger partial charge < -0.3 is 14.4 Å². The van der Waals surface area contributed by atoms with Gasteiger partial charge >= 0.3 is 0 Å². The fourth-order valence-electron chi connectivity index (χ4n) is 2.88. The molecule has 2 heterocycles. The molecule has 10 heteroatoms. The molecule has 0 aliphatic carbocycles. The average Bonchev–Trinajstić information content (AvgIpc) is 2.94. The van der Waals surface area contributed by atoms with E-state index in [4.69, 9.17) is 9.47 Å². The SMILES string of the molecule is COCCN(CCOC)C(=O)C1=NN(C2CCS(=O)(=O)C2)C(=O)CC1. The van der Waals surface area contributed by atoms with Crippen LogP contribution in [0.25, 0.3) is 0 Å². The van der Waals surface area contributed by atoms with E-state index in [-0.39, 0.29) is 41.9 Å². The lowest BCUT2D eigenvalue weighted by atomic mass is 10.1. The van der Waals surface area contributed by atoms with Crippen LogP contribution in [0.5, 0.6) is 0 Å². The summed E-state index contributed by atoms with van der Waals surface area (Å²) in [5, 5.41) is 5.41. The normalized spacial score (nSPS) is 22.8. The van der Waals surface area contributed by atoms with Crippen LogP contribution in [-0.2, 0) is 28.9 Å². The molecule has 2 rings (SSSR count). The molecule has 142 valence electrons. The van der Waals surface area contributed by atoms with E-state index in [1.807, 2.05) is 0 Å². The van der Waals surface area contributed by atoms with E-state index in [9.17, 15) is 18.0 Å². The molecule has 2 amide bonds. The van der Waals surface area contributed by atoms with Crippen LogP contribution in [0, 0.1) is 0 Å². The van der Waals surface area contributed by atoms with Crippen LogP contribution in [0.15, 0.2) is 5.10 Å². The Morgan fingerprint density at radius 2 is 1.88 bits per heavy atom. The van der Waals surface area contributed by atoms with E-state index >= 15 is 0 Å². The van der Waals surface area contributed by atoms with Crippen molar-refractivity contribution in [3.05, 3.63) is 0 Å². The molecule has 0 aromatic heterocycles. The lowest BCUT2D eigenvalue weighted by Crippen LogP contribution is -2.46. The van der Waals surface area contributed by atoms with Crippen molar-refractivity contribution in [3.63, 3.8) is 0 Å². The van der Waals surface area contributed by atoms with Crippen LogP contribution < -0.4 is 0 Å². The summed E-state index contributed by atoms with van der Waals surface area (Å²) in [4.78, 5) is 26.4. The zero-order valence-electron chi connectivity index (χ0n) is 14.6. The molecule has 1 unspecified atom stereocenters. The van der Waals surface area contributed by atoms with Crippen molar-refractivity contribution in [1.82, 2.24) is 9.91 Å². The highest BCUT2D eigenvalue weighted by Gasteiger charge is 2.37. The van der Waals surface area contributed by atoms with E-state index in [2.05, 4.69) is 5.10 Å². The second-order valence-corrected chi connectivity index (χ2v) is 8.35. The standard InChI is InChI=1S/C15H25N3O6S/c1-23-8-6-17(7-9-24-2)15(20)13-3-4-14(19)18(16-13)12-5-10-25(21,22)11-12/h12H,3-11H2,1-2H3. The molecular formula is C15H25N3O6S. The molecule has 2 aliphatic rings. The van der Waals surface area contributed by atoms with Crippen LogP contribution in [0.4, 0.5) is 0 Å². The summed E-state index contributed by atoms with van der Waals surface area (Å²) < 4.78 is 33.4. The highest BCUT2D eigenvalue weighted by Crippen LogP contribution is 2.22. The van der Waals surface area contributed by atoms with E-state index in [1.165, 1.54) is 5.01 Å². The molecule has 2 aliphatic heterocycles. The molecular weight excluding hydrogens is 350 g/mol. The quantitative estimate of drug-likeness (QED) is 0.554. The number of nitrogens with zero attached hydrogens (tertiary/aromatic N) is 3. The van der Waals surface area contributed by atoms with Crippen LogP contribution in [-0.4, -0.2) is 93.9 Å². The van der Waals surface area contributed by atoms with E-state index < -0.39 is 15.9 Å². The average molecular weight is 375 g/mol. The third-order valence-electron chi connectivity index (χ3n) is 4.28. The Balaban J connectivity index is 2.13. The number of rotatable bonds is 8. The summed E-state index contributed by atoms with van der Waals surface area (Å²) in [5.74, 6) is -0.555. The summed E-state index contributed by atoms with van der Waals surface area (Å²) in [6, 6.07) is -0.480. The van der Waals surface area contributed by atoms with Gasteiger partial charge in [0, 0.05) is 40.2 Å². The molecule has 25 heavy (non-hydrogen) atoms. The van der Waals surface area contributed by atoms with Gasteiger partial charge in [-0.15, -0.1) is 0 Å². The van der Waals surface area contributed by atoms with Crippen molar-refractivity contribution < 1.29 is 27.5 Å². The first-order chi connectivity index (χ1) is 11.9. The number of ether oxygens (including phenoxy) is 2. The predicted octanol–water partition coefficient (Wildman–Crippen LogP) is -0.727. The Morgan fingerprint density at radius 1 is 1.24 bits per heavy atom. The fourth-order valence-corrected chi connectivity index (χ4v) is 4.57.